The average molecular weight is 653 g/mol. The Morgan fingerprint density at radius 1 is 0.431 bits per heavy atom. The van der Waals surface area contributed by atoms with Crippen LogP contribution in [0.1, 0.15) is 25.0 Å². The van der Waals surface area contributed by atoms with Crippen molar-refractivity contribution in [2.45, 2.75) is 19.3 Å². The maximum Gasteiger partial charge on any atom is 0.0547 e. The molecule has 1 aliphatic carbocycles. The van der Waals surface area contributed by atoms with Crippen LogP contribution in [0, 0.1) is 0 Å². The molecule has 9 aromatic rings. The van der Waals surface area contributed by atoms with Gasteiger partial charge in [0, 0.05) is 33.0 Å². The molecule has 0 spiro atoms. The van der Waals surface area contributed by atoms with Crippen molar-refractivity contribution >= 4 is 49.6 Å². The van der Waals surface area contributed by atoms with Crippen molar-refractivity contribution in [1.29, 1.82) is 0 Å². The van der Waals surface area contributed by atoms with Gasteiger partial charge in [-0.2, -0.15) is 0 Å². The quantitative estimate of drug-likeness (QED) is 0.180. The Labute approximate surface area is 298 Å². The maximum absolute atomic E-state index is 2.50. The van der Waals surface area contributed by atoms with Gasteiger partial charge in [-0.3, -0.25) is 0 Å². The van der Waals surface area contributed by atoms with Crippen LogP contribution in [0.25, 0.3) is 60.5 Å². The summed E-state index contributed by atoms with van der Waals surface area (Å²) in [7, 11) is 0. The summed E-state index contributed by atoms with van der Waals surface area (Å²) in [5.41, 5.74) is 14.6. The van der Waals surface area contributed by atoms with Crippen molar-refractivity contribution in [2.24, 2.45) is 0 Å². The topological polar surface area (TPSA) is 8.17 Å². The third-order valence-corrected chi connectivity index (χ3v) is 11.0. The number of rotatable bonds is 5. The molecule has 2 nitrogen and oxygen atoms in total. The lowest BCUT2D eigenvalue weighted by Gasteiger charge is -2.33. The van der Waals surface area contributed by atoms with Crippen molar-refractivity contribution in [1.82, 2.24) is 4.57 Å². The lowest BCUT2D eigenvalue weighted by Crippen LogP contribution is -2.21. The fourth-order valence-electron chi connectivity index (χ4n) is 8.78. The van der Waals surface area contributed by atoms with Crippen LogP contribution in [0.15, 0.2) is 182 Å². The van der Waals surface area contributed by atoms with Crippen molar-refractivity contribution < 1.29 is 0 Å². The number of para-hydroxylation sites is 4. The molecule has 51 heavy (non-hydrogen) atoms. The number of nitrogens with zero attached hydrogens (tertiary/aromatic N) is 2. The second kappa shape index (κ2) is 11.3. The number of benzene rings is 8. The normalized spacial score (nSPS) is 13.1. The molecule has 0 fully saturated rings. The summed E-state index contributed by atoms with van der Waals surface area (Å²) in [6, 6.07) is 66.6. The van der Waals surface area contributed by atoms with Crippen molar-refractivity contribution in [3.63, 3.8) is 0 Å². The Morgan fingerprint density at radius 2 is 1.00 bits per heavy atom. The summed E-state index contributed by atoms with van der Waals surface area (Å²) in [4.78, 5) is 2.50. The van der Waals surface area contributed by atoms with Crippen LogP contribution < -0.4 is 4.90 Å². The second-order valence-corrected chi connectivity index (χ2v) is 14.1. The minimum absolute atomic E-state index is 0.182. The van der Waals surface area contributed by atoms with E-state index >= 15 is 0 Å². The van der Waals surface area contributed by atoms with Crippen molar-refractivity contribution in [3.05, 3.63) is 193 Å². The summed E-state index contributed by atoms with van der Waals surface area (Å²) in [5.74, 6) is 0. The molecule has 0 saturated carbocycles. The number of hydrogen-bond donors (Lipinski definition) is 0. The van der Waals surface area contributed by atoms with E-state index in [0.717, 1.165) is 17.1 Å². The number of aromatic nitrogens is 1. The van der Waals surface area contributed by atoms with E-state index in [2.05, 4.69) is 205 Å². The molecule has 8 aromatic carbocycles. The smallest absolute Gasteiger partial charge is 0.0547 e. The molecule has 0 radical (unpaired) electrons. The first-order chi connectivity index (χ1) is 25.1. The van der Waals surface area contributed by atoms with E-state index in [9.17, 15) is 0 Å². The van der Waals surface area contributed by atoms with E-state index < -0.39 is 0 Å². The van der Waals surface area contributed by atoms with Crippen LogP contribution in [0.5, 0.6) is 0 Å². The van der Waals surface area contributed by atoms with E-state index in [1.54, 1.807) is 0 Å². The Morgan fingerprint density at radius 3 is 1.76 bits per heavy atom. The standard InChI is InChI=1S/C49H36N2/c1-49(2)41-26-12-8-21-36(41)39-25-16-30-46(48(39)49)50(34-18-4-3-5-19-34)44-29-15-11-24-40(44)47-35-20-7-6-17-33(35)31-32-45(47)51-42-27-13-9-22-37(42)38-23-10-14-28-43(38)51/h3-32H,1-2H3. The predicted octanol–water partition coefficient (Wildman–Crippen LogP) is 13.4. The number of fused-ring (bicyclic) bond motifs is 7. The predicted molar refractivity (Wildman–Crippen MR) is 216 cm³/mol. The van der Waals surface area contributed by atoms with Gasteiger partial charge in [0.15, 0.2) is 0 Å². The fraction of sp³-hybridized carbons (Fsp3) is 0.0612. The van der Waals surface area contributed by atoms with Gasteiger partial charge in [0.05, 0.1) is 28.1 Å². The Kier molecular flexibility index (Phi) is 6.56. The third kappa shape index (κ3) is 4.36. The highest BCUT2D eigenvalue weighted by atomic mass is 15.1. The van der Waals surface area contributed by atoms with Crippen LogP contribution in [-0.2, 0) is 5.41 Å². The van der Waals surface area contributed by atoms with E-state index in [4.69, 9.17) is 0 Å². The molecule has 0 atom stereocenters. The van der Waals surface area contributed by atoms with Crippen LogP contribution in [0.4, 0.5) is 17.1 Å². The van der Waals surface area contributed by atoms with Gasteiger partial charge in [0.2, 0.25) is 0 Å². The van der Waals surface area contributed by atoms with Crippen LogP contribution in [0.3, 0.4) is 0 Å². The maximum atomic E-state index is 2.50. The van der Waals surface area contributed by atoms with Crippen LogP contribution in [-0.4, -0.2) is 4.57 Å². The Bertz CT molecular complexity index is 2730. The zero-order valence-electron chi connectivity index (χ0n) is 28.7. The number of hydrogen-bond acceptors (Lipinski definition) is 1. The Hall–Kier alpha value is -6.38. The second-order valence-electron chi connectivity index (χ2n) is 14.1. The largest absolute Gasteiger partial charge is 0.310 e. The first-order valence-electron chi connectivity index (χ1n) is 17.8. The monoisotopic (exact) mass is 652 g/mol. The molecule has 0 unspecified atom stereocenters. The molecular weight excluding hydrogens is 617 g/mol. The van der Waals surface area contributed by atoms with Gasteiger partial charge in [0.1, 0.15) is 0 Å². The summed E-state index contributed by atoms with van der Waals surface area (Å²) in [6.07, 6.45) is 0. The molecule has 0 N–H and O–H groups in total. The van der Waals surface area contributed by atoms with Gasteiger partial charge in [-0.05, 0) is 75.5 Å². The van der Waals surface area contributed by atoms with E-state index in [1.807, 2.05) is 0 Å². The van der Waals surface area contributed by atoms with Crippen LogP contribution >= 0.6 is 0 Å². The van der Waals surface area contributed by atoms with Crippen LogP contribution in [0.2, 0.25) is 0 Å². The van der Waals surface area contributed by atoms with Gasteiger partial charge in [-0.1, -0.05) is 153 Å². The molecule has 242 valence electrons. The van der Waals surface area contributed by atoms with Crippen molar-refractivity contribution in [2.75, 3.05) is 4.90 Å². The lowest BCUT2D eigenvalue weighted by atomic mass is 9.81. The van der Waals surface area contributed by atoms with Crippen molar-refractivity contribution in [3.8, 4) is 27.9 Å². The minimum Gasteiger partial charge on any atom is -0.310 e. The highest BCUT2D eigenvalue weighted by molar-refractivity contribution is 6.12. The summed E-state index contributed by atoms with van der Waals surface area (Å²) in [6.45, 7) is 4.75. The highest BCUT2D eigenvalue weighted by Crippen LogP contribution is 2.55. The summed E-state index contributed by atoms with van der Waals surface area (Å²) >= 11 is 0. The Balaban J connectivity index is 1.31. The van der Waals surface area contributed by atoms with Gasteiger partial charge in [0.25, 0.3) is 0 Å². The minimum atomic E-state index is -0.182. The summed E-state index contributed by atoms with van der Waals surface area (Å²) in [5, 5.41) is 4.96. The molecule has 1 heterocycles. The SMILES string of the molecule is CC1(C)c2ccccc2-c2cccc(N(c3ccccc3)c3ccccc3-c3c(-n4c5ccccc5c5ccccc54)ccc4ccccc34)c21. The number of anilines is 3. The molecule has 0 aliphatic heterocycles. The first kappa shape index (κ1) is 29.5. The van der Waals surface area contributed by atoms with Gasteiger partial charge >= 0.3 is 0 Å². The lowest BCUT2D eigenvalue weighted by molar-refractivity contribution is 0.661. The zero-order chi connectivity index (χ0) is 34.1. The summed E-state index contributed by atoms with van der Waals surface area (Å²) < 4.78 is 2.47. The molecular formula is C49H36N2. The van der Waals surface area contributed by atoms with E-state index in [0.29, 0.717) is 0 Å². The molecule has 1 aliphatic rings. The fourth-order valence-corrected chi connectivity index (χ4v) is 8.78. The molecule has 0 bridgehead atoms. The van der Waals surface area contributed by atoms with E-state index in [-0.39, 0.29) is 5.41 Å². The first-order valence-corrected chi connectivity index (χ1v) is 17.8. The average Bonchev–Trinajstić information content (AvgIpc) is 3.64. The molecule has 0 amide bonds. The zero-order valence-corrected chi connectivity index (χ0v) is 28.7. The highest BCUT2D eigenvalue weighted by Gasteiger charge is 2.39. The van der Waals surface area contributed by atoms with Gasteiger partial charge in [-0.15, -0.1) is 0 Å². The van der Waals surface area contributed by atoms with Gasteiger partial charge < -0.3 is 9.47 Å². The molecule has 1 aromatic heterocycles. The third-order valence-electron chi connectivity index (χ3n) is 11.0. The molecule has 10 rings (SSSR count). The van der Waals surface area contributed by atoms with Gasteiger partial charge in [-0.25, -0.2) is 0 Å². The van der Waals surface area contributed by atoms with E-state index in [1.165, 1.54) is 71.6 Å². The molecule has 2 heteroatoms. The molecule has 0 saturated heterocycles.